The molecule has 1 aliphatic carbocycles. The second kappa shape index (κ2) is 11.1. The summed E-state index contributed by atoms with van der Waals surface area (Å²) in [7, 11) is 0. The normalized spacial score (nSPS) is 13.2. The summed E-state index contributed by atoms with van der Waals surface area (Å²) in [4.78, 5) is 10.9. The van der Waals surface area contributed by atoms with E-state index < -0.39 is 0 Å². The molecule has 10 aromatic rings. The van der Waals surface area contributed by atoms with Gasteiger partial charge < -0.3 is 4.57 Å². The van der Waals surface area contributed by atoms with Gasteiger partial charge in [-0.05, 0) is 52.6 Å². The molecule has 53 heavy (non-hydrogen) atoms. The fourth-order valence-electron chi connectivity index (χ4n) is 9.05. The van der Waals surface area contributed by atoms with Gasteiger partial charge in [0.2, 0.25) is 5.95 Å². The van der Waals surface area contributed by atoms with Crippen molar-refractivity contribution in [2.24, 2.45) is 0 Å². The third-order valence-corrected chi connectivity index (χ3v) is 11.3. The van der Waals surface area contributed by atoms with Gasteiger partial charge in [-0.1, -0.05) is 153 Å². The minimum atomic E-state index is -0.257. The molecule has 0 fully saturated rings. The third-order valence-electron chi connectivity index (χ3n) is 11.3. The van der Waals surface area contributed by atoms with Gasteiger partial charge in [0.05, 0.1) is 33.5 Å². The minimum Gasteiger partial charge on any atom is -0.309 e. The van der Waals surface area contributed by atoms with Crippen molar-refractivity contribution < 1.29 is 0 Å². The van der Waals surface area contributed by atoms with Crippen molar-refractivity contribution in [1.82, 2.24) is 19.1 Å². The zero-order valence-corrected chi connectivity index (χ0v) is 29.5. The van der Waals surface area contributed by atoms with Crippen LogP contribution in [0.2, 0.25) is 0 Å². The zero-order chi connectivity index (χ0) is 35.3. The first-order chi connectivity index (χ1) is 26.1. The lowest BCUT2D eigenvalue weighted by molar-refractivity contribution is 0.664. The van der Waals surface area contributed by atoms with Gasteiger partial charge in [0.1, 0.15) is 0 Å². The predicted molar refractivity (Wildman–Crippen MR) is 219 cm³/mol. The van der Waals surface area contributed by atoms with Crippen LogP contribution in [0.25, 0.3) is 88.9 Å². The van der Waals surface area contributed by atoms with Crippen LogP contribution >= 0.6 is 0 Å². The summed E-state index contributed by atoms with van der Waals surface area (Å²) in [5, 5.41) is 4.86. The highest BCUT2D eigenvalue weighted by molar-refractivity contribution is 6.32. The van der Waals surface area contributed by atoms with E-state index in [4.69, 9.17) is 9.97 Å². The van der Waals surface area contributed by atoms with Crippen LogP contribution < -0.4 is 0 Å². The average molecular weight is 679 g/mol. The first-order valence-corrected chi connectivity index (χ1v) is 18.3. The Kier molecular flexibility index (Phi) is 6.27. The first-order valence-electron chi connectivity index (χ1n) is 18.3. The second-order valence-electron chi connectivity index (χ2n) is 14.6. The van der Waals surface area contributed by atoms with Gasteiger partial charge in [-0.25, -0.2) is 9.97 Å². The maximum atomic E-state index is 5.44. The summed E-state index contributed by atoms with van der Waals surface area (Å²) < 4.78 is 4.84. The van der Waals surface area contributed by atoms with E-state index >= 15 is 0 Å². The molecule has 0 atom stereocenters. The molecule has 3 aromatic heterocycles. The SMILES string of the molecule is CC1(C)c2ccccc2-c2c1c1c(c3ccccc3n1-c1ccccc1)c1c2c2ccccc2n1-c1nc(-c2ccccc2)cc(-c2ccccc2)n1. The molecule has 0 radical (unpaired) electrons. The molecular formula is C49H34N4. The van der Waals surface area contributed by atoms with Gasteiger partial charge in [0, 0.05) is 43.8 Å². The number of hydrogen-bond acceptors (Lipinski definition) is 2. The van der Waals surface area contributed by atoms with E-state index in [2.05, 4.69) is 193 Å². The van der Waals surface area contributed by atoms with Crippen molar-refractivity contribution in [2.75, 3.05) is 0 Å². The highest BCUT2D eigenvalue weighted by atomic mass is 15.2. The van der Waals surface area contributed by atoms with Crippen molar-refractivity contribution in [3.63, 3.8) is 0 Å². The molecule has 250 valence electrons. The molecule has 4 heteroatoms. The lowest BCUT2D eigenvalue weighted by atomic mass is 9.81. The van der Waals surface area contributed by atoms with E-state index in [1.165, 1.54) is 54.8 Å². The smallest absolute Gasteiger partial charge is 0.235 e. The van der Waals surface area contributed by atoms with Gasteiger partial charge in [0.25, 0.3) is 0 Å². The predicted octanol–water partition coefficient (Wildman–Crippen LogP) is 12.3. The van der Waals surface area contributed by atoms with Crippen molar-refractivity contribution in [1.29, 1.82) is 0 Å². The minimum absolute atomic E-state index is 0.257. The highest BCUT2D eigenvalue weighted by Crippen LogP contribution is 2.58. The Morgan fingerprint density at radius 2 is 0.981 bits per heavy atom. The molecule has 0 aliphatic heterocycles. The van der Waals surface area contributed by atoms with Crippen LogP contribution in [0.15, 0.2) is 170 Å². The van der Waals surface area contributed by atoms with Gasteiger partial charge in [-0.3, -0.25) is 4.57 Å². The largest absolute Gasteiger partial charge is 0.309 e. The van der Waals surface area contributed by atoms with Crippen LogP contribution in [0.3, 0.4) is 0 Å². The van der Waals surface area contributed by atoms with Crippen LogP contribution in [-0.4, -0.2) is 19.1 Å². The van der Waals surface area contributed by atoms with Crippen LogP contribution in [0.5, 0.6) is 0 Å². The maximum Gasteiger partial charge on any atom is 0.235 e. The Labute approximate surface area is 307 Å². The van der Waals surface area contributed by atoms with Gasteiger partial charge in [-0.15, -0.1) is 0 Å². The van der Waals surface area contributed by atoms with Crippen molar-refractivity contribution in [2.45, 2.75) is 19.3 Å². The molecule has 0 spiro atoms. The quantitative estimate of drug-likeness (QED) is 0.186. The summed E-state index contributed by atoms with van der Waals surface area (Å²) in [5.41, 5.74) is 14.7. The molecule has 0 saturated heterocycles. The van der Waals surface area contributed by atoms with Crippen molar-refractivity contribution in [3.8, 4) is 45.3 Å². The number of nitrogens with zero attached hydrogens (tertiary/aromatic N) is 4. The van der Waals surface area contributed by atoms with Crippen LogP contribution in [-0.2, 0) is 5.41 Å². The number of benzene rings is 7. The van der Waals surface area contributed by atoms with E-state index in [1.807, 2.05) is 0 Å². The van der Waals surface area contributed by atoms with E-state index in [-0.39, 0.29) is 5.41 Å². The van der Waals surface area contributed by atoms with Gasteiger partial charge >= 0.3 is 0 Å². The first kappa shape index (κ1) is 29.9. The van der Waals surface area contributed by atoms with E-state index in [1.54, 1.807) is 0 Å². The van der Waals surface area contributed by atoms with E-state index in [0.717, 1.165) is 39.2 Å². The molecule has 0 amide bonds. The fourth-order valence-corrected chi connectivity index (χ4v) is 9.05. The van der Waals surface area contributed by atoms with Crippen LogP contribution in [0.4, 0.5) is 0 Å². The molecule has 0 N–H and O–H groups in total. The summed E-state index contributed by atoms with van der Waals surface area (Å²) in [6, 6.07) is 60.6. The topological polar surface area (TPSA) is 35.6 Å². The molecule has 0 bridgehead atoms. The van der Waals surface area contributed by atoms with Gasteiger partial charge in [0.15, 0.2) is 0 Å². The van der Waals surface area contributed by atoms with E-state index in [9.17, 15) is 0 Å². The molecule has 1 aliphatic rings. The Balaban J connectivity index is 1.41. The van der Waals surface area contributed by atoms with Gasteiger partial charge in [-0.2, -0.15) is 0 Å². The molecule has 3 heterocycles. The zero-order valence-electron chi connectivity index (χ0n) is 29.5. The van der Waals surface area contributed by atoms with Crippen LogP contribution in [0.1, 0.15) is 25.0 Å². The molecular weight excluding hydrogens is 645 g/mol. The Hall–Kier alpha value is -6.78. The van der Waals surface area contributed by atoms with Crippen molar-refractivity contribution >= 4 is 43.6 Å². The highest BCUT2D eigenvalue weighted by Gasteiger charge is 2.41. The fraction of sp³-hybridized carbons (Fsp3) is 0.0612. The lowest BCUT2D eigenvalue weighted by Crippen LogP contribution is -2.16. The maximum absolute atomic E-state index is 5.44. The molecule has 0 saturated carbocycles. The third kappa shape index (κ3) is 4.18. The Morgan fingerprint density at radius 1 is 0.472 bits per heavy atom. The summed E-state index contributed by atoms with van der Waals surface area (Å²) in [6.07, 6.45) is 0. The Bertz CT molecular complexity index is 3000. The molecule has 11 rings (SSSR count). The number of rotatable bonds is 4. The molecule has 7 aromatic carbocycles. The average Bonchev–Trinajstić information content (AvgIpc) is 3.82. The standard InChI is InChI=1S/C49H34N4/c1-49(2)37-27-15-12-24-34(37)42-43-35-25-13-17-29-41(35)53(48-50-38(31-18-6-3-7-19-31)30-39(51-48)32-20-8-4-9-21-32)46(43)44-36-26-14-16-28-40(36)52(47(44)45(42)49)33-22-10-5-11-23-33/h3-30H,1-2H3. The number of hydrogen-bond donors (Lipinski definition) is 0. The molecule has 4 nitrogen and oxygen atoms in total. The summed E-state index contributed by atoms with van der Waals surface area (Å²) >= 11 is 0. The lowest BCUT2D eigenvalue weighted by Gasteiger charge is -2.24. The second-order valence-corrected chi connectivity index (χ2v) is 14.6. The van der Waals surface area contributed by atoms with E-state index in [0.29, 0.717) is 5.95 Å². The number of fused-ring (bicyclic) bond motifs is 12. The monoisotopic (exact) mass is 678 g/mol. The van der Waals surface area contributed by atoms with Crippen LogP contribution in [0, 0.1) is 0 Å². The summed E-state index contributed by atoms with van der Waals surface area (Å²) in [5.74, 6) is 0.653. The summed E-state index contributed by atoms with van der Waals surface area (Å²) in [6.45, 7) is 4.79. The van der Waals surface area contributed by atoms with Crippen molar-refractivity contribution in [3.05, 3.63) is 181 Å². The Morgan fingerprint density at radius 3 is 1.62 bits per heavy atom. The number of para-hydroxylation sites is 3. The molecule has 0 unspecified atom stereocenters. The number of aromatic nitrogens is 4.